The van der Waals surface area contributed by atoms with E-state index in [1.807, 2.05) is 0 Å². The average molecular weight is 128 g/mol. The Labute approximate surface area is 53.4 Å². The van der Waals surface area contributed by atoms with Gasteiger partial charge in [-0.25, -0.2) is 4.98 Å². The molecule has 1 aromatic heterocycles. The third-order valence-electron chi connectivity index (χ3n) is 1.04. The van der Waals surface area contributed by atoms with Gasteiger partial charge in [-0.05, 0) is 0 Å². The van der Waals surface area contributed by atoms with Crippen molar-refractivity contribution in [1.82, 2.24) is 0 Å². The van der Waals surface area contributed by atoms with Gasteiger partial charge in [0.2, 0.25) is 5.01 Å². The average Bonchev–Trinajstić information content (AvgIpc) is 2.14. The van der Waals surface area contributed by atoms with Crippen molar-refractivity contribution in [3.63, 3.8) is 0 Å². The van der Waals surface area contributed by atoms with E-state index in [1.54, 1.807) is 11.3 Å². The fourth-order valence-corrected chi connectivity index (χ4v) is 1.37. The minimum Gasteiger partial charge on any atom is -0.203 e. The van der Waals surface area contributed by atoms with Gasteiger partial charge in [0.05, 0.1) is 5.38 Å². The molecular formula is C6H10NS+. The molecule has 44 valence electrons. The predicted octanol–water partition coefficient (Wildman–Crippen LogP) is 1.43. The van der Waals surface area contributed by atoms with Crippen LogP contribution in [0.2, 0.25) is 0 Å². The summed E-state index contributed by atoms with van der Waals surface area (Å²) in [5.74, 6) is 0. The summed E-state index contributed by atoms with van der Waals surface area (Å²) >= 11 is 1.79. The fourth-order valence-electron chi connectivity index (χ4n) is 0.610. The van der Waals surface area contributed by atoms with Crippen molar-refractivity contribution >= 4 is 11.3 Å². The zero-order valence-corrected chi connectivity index (χ0v) is 6.01. The second-order valence-electron chi connectivity index (χ2n) is 1.82. The van der Waals surface area contributed by atoms with E-state index in [4.69, 9.17) is 0 Å². The molecule has 1 N–H and O–H groups in total. The molecule has 0 aromatic carbocycles. The van der Waals surface area contributed by atoms with Gasteiger partial charge in [-0.15, -0.1) is 0 Å². The van der Waals surface area contributed by atoms with E-state index in [1.165, 1.54) is 10.7 Å². The molecule has 1 heterocycles. The zero-order valence-electron chi connectivity index (χ0n) is 5.19. The molecule has 0 saturated carbocycles. The van der Waals surface area contributed by atoms with Crippen molar-refractivity contribution in [1.29, 1.82) is 0 Å². The molecule has 0 aliphatic rings. The summed E-state index contributed by atoms with van der Waals surface area (Å²) in [7, 11) is 0. The monoisotopic (exact) mass is 128 g/mol. The van der Waals surface area contributed by atoms with Gasteiger partial charge in [-0.2, -0.15) is 0 Å². The number of hydrogen-bond acceptors (Lipinski definition) is 1. The van der Waals surface area contributed by atoms with Crippen LogP contribution in [-0.2, 0) is 6.42 Å². The molecule has 0 spiro atoms. The fraction of sp³-hybridized carbons (Fsp3) is 0.500. The first kappa shape index (κ1) is 5.76. The van der Waals surface area contributed by atoms with E-state index < -0.39 is 0 Å². The van der Waals surface area contributed by atoms with Crippen LogP contribution in [0, 0.1) is 6.92 Å². The first-order chi connectivity index (χ1) is 3.83. The van der Waals surface area contributed by atoms with Gasteiger partial charge in [0.15, 0.2) is 5.69 Å². The molecule has 0 fully saturated rings. The summed E-state index contributed by atoms with van der Waals surface area (Å²) in [4.78, 5) is 3.24. The minimum absolute atomic E-state index is 1.12. The van der Waals surface area contributed by atoms with E-state index in [9.17, 15) is 0 Å². The first-order valence-electron chi connectivity index (χ1n) is 2.79. The highest BCUT2D eigenvalue weighted by Crippen LogP contribution is 2.02. The molecule has 1 rings (SSSR count). The number of aromatic amines is 1. The van der Waals surface area contributed by atoms with E-state index >= 15 is 0 Å². The number of rotatable bonds is 1. The molecule has 0 radical (unpaired) electrons. The van der Waals surface area contributed by atoms with Crippen molar-refractivity contribution in [2.24, 2.45) is 0 Å². The molecule has 0 bridgehead atoms. The summed E-state index contributed by atoms with van der Waals surface area (Å²) in [6.45, 7) is 4.23. The summed E-state index contributed by atoms with van der Waals surface area (Å²) < 4.78 is 0. The van der Waals surface area contributed by atoms with Gasteiger partial charge in [-0.3, -0.25) is 0 Å². The Morgan fingerprint density at radius 1 is 1.75 bits per heavy atom. The molecule has 0 saturated heterocycles. The maximum Gasteiger partial charge on any atom is 0.235 e. The van der Waals surface area contributed by atoms with E-state index in [2.05, 4.69) is 24.2 Å². The maximum absolute atomic E-state index is 3.24. The van der Waals surface area contributed by atoms with Crippen LogP contribution in [-0.4, -0.2) is 0 Å². The van der Waals surface area contributed by atoms with Gasteiger partial charge in [0, 0.05) is 13.3 Å². The summed E-state index contributed by atoms with van der Waals surface area (Å²) in [6, 6.07) is 0. The van der Waals surface area contributed by atoms with Gasteiger partial charge < -0.3 is 0 Å². The smallest absolute Gasteiger partial charge is 0.203 e. The molecule has 0 amide bonds. The maximum atomic E-state index is 3.24. The third kappa shape index (κ3) is 1.07. The van der Waals surface area contributed by atoms with Gasteiger partial charge in [0.25, 0.3) is 0 Å². The molecule has 0 aliphatic heterocycles. The second-order valence-corrected chi connectivity index (χ2v) is 2.78. The molecule has 1 aromatic rings. The highest BCUT2D eigenvalue weighted by atomic mass is 32.1. The van der Waals surface area contributed by atoms with Crippen molar-refractivity contribution in [3.8, 4) is 0 Å². The van der Waals surface area contributed by atoms with Crippen molar-refractivity contribution in [2.45, 2.75) is 20.3 Å². The van der Waals surface area contributed by atoms with Crippen molar-refractivity contribution in [3.05, 3.63) is 16.1 Å². The SMILES string of the molecule is CCc1[nH+]c(C)cs1. The lowest BCUT2D eigenvalue weighted by molar-refractivity contribution is -0.391. The van der Waals surface area contributed by atoms with E-state index in [0.29, 0.717) is 0 Å². The first-order valence-corrected chi connectivity index (χ1v) is 3.67. The highest BCUT2D eigenvalue weighted by Gasteiger charge is 1.99. The number of aromatic nitrogens is 1. The third-order valence-corrected chi connectivity index (χ3v) is 2.18. The number of nitrogens with one attached hydrogen (secondary N) is 1. The molecule has 0 unspecified atom stereocenters. The Hall–Kier alpha value is -0.370. The highest BCUT2D eigenvalue weighted by molar-refractivity contribution is 7.09. The molecule has 0 aliphatic carbocycles. The van der Waals surface area contributed by atoms with Crippen LogP contribution in [0.5, 0.6) is 0 Å². The van der Waals surface area contributed by atoms with Crippen LogP contribution in [0.25, 0.3) is 0 Å². The van der Waals surface area contributed by atoms with Crippen LogP contribution in [0.1, 0.15) is 17.6 Å². The summed E-state index contributed by atoms with van der Waals surface area (Å²) in [5, 5.41) is 3.50. The summed E-state index contributed by atoms with van der Waals surface area (Å²) in [6.07, 6.45) is 1.12. The lowest BCUT2D eigenvalue weighted by atomic mass is 10.5. The number of H-pyrrole nitrogens is 1. The second kappa shape index (κ2) is 2.27. The number of aryl methyl sites for hydroxylation is 2. The van der Waals surface area contributed by atoms with Crippen molar-refractivity contribution < 1.29 is 4.98 Å². The molecule has 1 nitrogen and oxygen atoms in total. The van der Waals surface area contributed by atoms with Crippen LogP contribution < -0.4 is 4.98 Å². The lowest BCUT2D eigenvalue weighted by Gasteiger charge is -1.71. The minimum atomic E-state index is 1.12. The van der Waals surface area contributed by atoms with Gasteiger partial charge in [-0.1, -0.05) is 18.3 Å². The number of thiazole rings is 1. The lowest BCUT2D eigenvalue weighted by Crippen LogP contribution is -2.05. The topological polar surface area (TPSA) is 14.1 Å². The zero-order chi connectivity index (χ0) is 5.98. The molecule has 0 atom stereocenters. The van der Waals surface area contributed by atoms with Gasteiger partial charge >= 0.3 is 0 Å². The standard InChI is InChI=1S/C6H9NS/c1-3-6-7-5(2)4-8-6/h4H,3H2,1-2H3/p+1. The Bertz CT molecular complexity index is 169. The van der Waals surface area contributed by atoms with Crippen LogP contribution in [0.15, 0.2) is 5.38 Å². The Morgan fingerprint density at radius 3 is 2.75 bits per heavy atom. The Kier molecular flexibility index (Phi) is 1.63. The largest absolute Gasteiger partial charge is 0.235 e. The Morgan fingerprint density at radius 2 is 2.50 bits per heavy atom. The summed E-state index contributed by atoms with van der Waals surface area (Å²) in [5.41, 5.74) is 1.27. The van der Waals surface area contributed by atoms with E-state index in [-0.39, 0.29) is 0 Å². The van der Waals surface area contributed by atoms with Crippen LogP contribution >= 0.6 is 11.3 Å². The molecule has 2 heteroatoms. The molecular weight excluding hydrogens is 118 g/mol. The van der Waals surface area contributed by atoms with Crippen molar-refractivity contribution in [2.75, 3.05) is 0 Å². The Balaban J connectivity index is 2.84. The predicted molar refractivity (Wildman–Crippen MR) is 35.0 cm³/mol. The quantitative estimate of drug-likeness (QED) is 0.543. The number of hydrogen-bond donors (Lipinski definition) is 0. The van der Waals surface area contributed by atoms with E-state index in [0.717, 1.165) is 6.42 Å². The van der Waals surface area contributed by atoms with Crippen LogP contribution in [0.4, 0.5) is 0 Å². The molecule has 8 heavy (non-hydrogen) atoms. The van der Waals surface area contributed by atoms with Gasteiger partial charge in [0.1, 0.15) is 0 Å². The normalized spacial score (nSPS) is 9.75. The van der Waals surface area contributed by atoms with Crippen LogP contribution in [0.3, 0.4) is 0 Å².